The van der Waals surface area contributed by atoms with Crippen LogP contribution < -0.4 is 0 Å². The molecular weight excluding hydrogens is 170 g/mol. The van der Waals surface area contributed by atoms with E-state index in [1.165, 1.54) is 5.70 Å². The summed E-state index contributed by atoms with van der Waals surface area (Å²) in [6.07, 6.45) is 7.59. The number of hydrogen-bond donors (Lipinski definition) is 0. The topological polar surface area (TPSA) is 3.24 Å². The maximum absolute atomic E-state index is 3.14. The first-order valence-corrected chi connectivity index (χ1v) is 5.22. The maximum Gasteiger partial charge on any atom is 0.0421 e. The van der Waals surface area contributed by atoms with E-state index in [1.54, 1.807) is 0 Å². The van der Waals surface area contributed by atoms with Crippen LogP contribution in [0.3, 0.4) is 0 Å². The number of allylic oxidation sites excluding steroid dienone is 3. The second-order valence-electron chi connectivity index (χ2n) is 3.12. The van der Waals surface area contributed by atoms with Gasteiger partial charge in [0.1, 0.15) is 0 Å². The maximum atomic E-state index is 3.14. The molecule has 0 aromatic carbocycles. The highest BCUT2D eigenvalue weighted by atomic mass is 15.1. The van der Waals surface area contributed by atoms with Crippen LogP contribution in [0.5, 0.6) is 0 Å². The molecule has 0 aromatic heterocycles. The second-order valence-corrected chi connectivity index (χ2v) is 3.12. The Morgan fingerprint density at radius 2 is 2.00 bits per heavy atom. The van der Waals surface area contributed by atoms with Gasteiger partial charge >= 0.3 is 0 Å². The van der Waals surface area contributed by atoms with Crippen molar-refractivity contribution in [1.29, 1.82) is 0 Å². The molecule has 0 N–H and O–H groups in total. The van der Waals surface area contributed by atoms with Crippen LogP contribution in [0.25, 0.3) is 0 Å². The first kappa shape index (κ1) is 12.8. The fourth-order valence-electron chi connectivity index (χ4n) is 1.23. The van der Waals surface area contributed by atoms with Crippen molar-refractivity contribution >= 4 is 0 Å². The molecule has 0 radical (unpaired) electrons. The van der Waals surface area contributed by atoms with Crippen LogP contribution in [0.15, 0.2) is 23.9 Å². The van der Waals surface area contributed by atoms with E-state index in [0.29, 0.717) is 5.92 Å². The van der Waals surface area contributed by atoms with Crippen molar-refractivity contribution in [2.75, 3.05) is 14.1 Å². The molecule has 0 aliphatic heterocycles. The lowest BCUT2D eigenvalue weighted by Crippen LogP contribution is -2.12. The predicted molar refractivity (Wildman–Crippen MR) is 63.8 cm³/mol. The highest BCUT2D eigenvalue weighted by Crippen LogP contribution is 2.16. The summed E-state index contributed by atoms with van der Waals surface area (Å²) in [5, 5.41) is 0. The smallest absolute Gasteiger partial charge is 0.0421 e. The lowest BCUT2D eigenvalue weighted by molar-refractivity contribution is 0.520. The van der Waals surface area contributed by atoms with Crippen LogP contribution in [0, 0.1) is 17.8 Å². The van der Waals surface area contributed by atoms with E-state index in [2.05, 4.69) is 49.1 Å². The van der Waals surface area contributed by atoms with E-state index in [4.69, 9.17) is 0 Å². The third-order valence-electron chi connectivity index (χ3n) is 1.93. The SMILES string of the molecule is CC.CC#CC1C=CC(N(C)C)=CC1. The van der Waals surface area contributed by atoms with Crippen molar-refractivity contribution in [3.8, 4) is 11.8 Å². The van der Waals surface area contributed by atoms with Crippen LogP contribution in [-0.4, -0.2) is 19.0 Å². The molecule has 0 spiro atoms. The minimum Gasteiger partial charge on any atom is -0.378 e. The molecule has 78 valence electrons. The number of nitrogens with zero attached hydrogens (tertiary/aromatic N) is 1. The van der Waals surface area contributed by atoms with E-state index in [-0.39, 0.29) is 0 Å². The van der Waals surface area contributed by atoms with Gasteiger partial charge in [0.25, 0.3) is 0 Å². The number of likely N-dealkylation sites (N-methyl/N-ethyl adjacent to an activating group) is 1. The van der Waals surface area contributed by atoms with Crippen LogP contribution in [-0.2, 0) is 0 Å². The standard InChI is InChI=1S/C11H15N.C2H6/c1-4-5-10-6-8-11(9-7-10)12(2)3;1-2/h6,8-10H,7H2,1-3H3;1-2H3. The largest absolute Gasteiger partial charge is 0.378 e. The summed E-state index contributed by atoms with van der Waals surface area (Å²) >= 11 is 0. The Kier molecular flexibility index (Phi) is 6.66. The number of rotatable bonds is 1. The molecule has 1 unspecified atom stereocenters. The minimum atomic E-state index is 0.429. The summed E-state index contributed by atoms with van der Waals surface area (Å²) in [4.78, 5) is 2.12. The quantitative estimate of drug-likeness (QED) is 0.576. The lowest BCUT2D eigenvalue weighted by atomic mass is 10.00. The van der Waals surface area contributed by atoms with Crippen LogP contribution in [0.4, 0.5) is 0 Å². The van der Waals surface area contributed by atoms with Crippen LogP contribution in [0.1, 0.15) is 27.2 Å². The van der Waals surface area contributed by atoms with E-state index >= 15 is 0 Å². The molecular formula is C13H21N. The Bertz CT molecular complexity index is 261. The molecule has 14 heavy (non-hydrogen) atoms. The minimum absolute atomic E-state index is 0.429. The molecule has 0 amide bonds. The van der Waals surface area contributed by atoms with Crippen molar-refractivity contribution in [3.63, 3.8) is 0 Å². The molecule has 1 atom stereocenters. The fraction of sp³-hybridized carbons (Fsp3) is 0.538. The molecule has 0 saturated carbocycles. The van der Waals surface area contributed by atoms with E-state index in [1.807, 2.05) is 20.8 Å². The third kappa shape index (κ3) is 4.18. The van der Waals surface area contributed by atoms with E-state index in [9.17, 15) is 0 Å². The summed E-state index contributed by atoms with van der Waals surface area (Å²) in [6.45, 7) is 5.89. The molecule has 0 aromatic rings. The first-order valence-electron chi connectivity index (χ1n) is 5.22. The molecule has 0 bridgehead atoms. The lowest BCUT2D eigenvalue weighted by Gasteiger charge is -2.18. The Hall–Kier alpha value is -1.16. The van der Waals surface area contributed by atoms with Crippen molar-refractivity contribution in [3.05, 3.63) is 23.9 Å². The van der Waals surface area contributed by atoms with Crippen molar-refractivity contribution < 1.29 is 0 Å². The van der Waals surface area contributed by atoms with Gasteiger partial charge in [0.05, 0.1) is 0 Å². The highest BCUT2D eigenvalue weighted by Gasteiger charge is 2.05. The van der Waals surface area contributed by atoms with Crippen molar-refractivity contribution in [1.82, 2.24) is 4.90 Å². The summed E-state index contributed by atoms with van der Waals surface area (Å²) < 4.78 is 0. The van der Waals surface area contributed by atoms with Crippen molar-refractivity contribution in [2.24, 2.45) is 5.92 Å². The molecule has 1 aliphatic rings. The first-order chi connectivity index (χ1) is 6.74. The zero-order valence-corrected chi connectivity index (χ0v) is 9.96. The molecule has 0 saturated heterocycles. The van der Waals surface area contributed by atoms with Gasteiger partial charge in [0, 0.05) is 25.7 Å². The average Bonchev–Trinajstić information content (AvgIpc) is 2.22. The second kappa shape index (κ2) is 7.26. The molecule has 1 aliphatic carbocycles. The Balaban J connectivity index is 0.000000791. The van der Waals surface area contributed by atoms with Gasteiger partial charge in [0.2, 0.25) is 0 Å². The molecule has 1 rings (SSSR count). The predicted octanol–water partition coefficient (Wildman–Crippen LogP) is 3.06. The molecule has 1 heteroatoms. The monoisotopic (exact) mass is 191 g/mol. The van der Waals surface area contributed by atoms with Crippen molar-refractivity contribution in [2.45, 2.75) is 27.2 Å². The van der Waals surface area contributed by atoms with Gasteiger partial charge in [-0.25, -0.2) is 0 Å². The van der Waals surface area contributed by atoms with Crippen LogP contribution in [0.2, 0.25) is 0 Å². The van der Waals surface area contributed by atoms with Gasteiger partial charge in [-0.05, 0) is 19.4 Å². The fourth-order valence-corrected chi connectivity index (χ4v) is 1.23. The third-order valence-corrected chi connectivity index (χ3v) is 1.93. The van der Waals surface area contributed by atoms with Gasteiger partial charge in [-0.3, -0.25) is 0 Å². The van der Waals surface area contributed by atoms with Gasteiger partial charge in [-0.15, -0.1) is 5.92 Å². The summed E-state index contributed by atoms with van der Waals surface area (Å²) in [6, 6.07) is 0. The van der Waals surface area contributed by atoms with Gasteiger partial charge in [-0.1, -0.05) is 31.9 Å². The normalized spacial score (nSPS) is 18.4. The summed E-state index contributed by atoms with van der Waals surface area (Å²) in [5.74, 6) is 6.51. The zero-order valence-electron chi connectivity index (χ0n) is 9.96. The van der Waals surface area contributed by atoms with Crippen LogP contribution >= 0.6 is 0 Å². The molecule has 0 heterocycles. The van der Waals surface area contributed by atoms with E-state index < -0.39 is 0 Å². The Labute approximate surface area is 88.5 Å². The Morgan fingerprint density at radius 3 is 2.36 bits per heavy atom. The van der Waals surface area contributed by atoms with Gasteiger partial charge in [-0.2, -0.15) is 0 Å². The average molecular weight is 191 g/mol. The zero-order chi connectivity index (χ0) is 11.0. The number of hydrogen-bond acceptors (Lipinski definition) is 1. The summed E-state index contributed by atoms with van der Waals surface area (Å²) in [5.41, 5.74) is 1.28. The molecule has 0 fully saturated rings. The van der Waals surface area contributed by atoms with E-state index in [0.717, 1.165) is 6.42 Å². The Morgan fingerprint density at radius 1 is 1.36 bits per heavy atom. The molecule has 1 nitrogen and oxygen atoms in total. The van der Waals surface area contributed by atoms with Gasteiger partial charge < -0.3 is 4.90 Å². The van der Waals surface area contributed by atoms with Gasteiger partial charge in [0.15, 0.2) is 0 Å². The highest BCUT2D eigenvalue weighted by molar-refractivity contribution is 5.26. The summed E-state index contributed by atoms with van der Waals surface area (Å²) in [7, 11) is 4.12.